The molecule has 21 heavy (non-hydrogen) atoms. The summed E-state index contributed by atoms with van der Waals surface area (Å²) in [5.74, 6) is 0.124. The van der Waals surface area contributed by atoms with Gasteiger partial charge >= 0.3 is 12.0 Å². The highest BCUT2D eigenvalue weighted by molar-refractivity contribution is 6.01. The largest absolute Gasteiger partial charge is 0.478 e. The first kappa shape index (κ1) is 15.4. The predicted octanol–water partition coefficient (Wildman–Crippen LogP) is 3.25. The zero-order valence-corrected chi connectivity index (χ0v) is 12.5. The van der Waals surface area contributed by atoms with Gasteiger partial charge in [0.2, 0.25) is 0 Å². The van der Waals surface area contributed by atoms with Crippen LogP contribution in [0.4, 0.5) is 10.5 Å². The fraction of sp³-hybridized carbons (Fsp3) is 0.500. The van der Waals surface area contributed by atoms with Gasteiger partial charge in [-0.15, -0.1) is 0 Å². The van der Waals surface area contributed by atoms with E-state index in [1.807, 2.05) is 0 Å². The van der Waals surface area contributed by atoms with Gasteiger partial charge in [-0.3, -0.25) is 0 Å². The van der Waals surface area contributed by atoms with E-state index in [1.54, 1.807) is 25.1 Å². The maximum atomic E-state index is 11.9. The van der Waals surface area contributed by atoms with E-state index in [-0.39, 0.29) is 11.6 Å². The minimum absolute atomic E-state index is 0.141. The molecule has 5 nitrogen and oxygen atoms in total. The van der Waals surface area contributed by atoms with E-state index in [0.29, 0.717) is 29.6 Å². The number of carboxylic acids is 1. The van der Waals surface area contributed by atoms with E-state index in [0.717, 1.165) is 6.42 Å². The second kappa shape index (κ2) is 6.61. The van der Waals surface area contributed by atoms with Crippen LogP contribution in [0, 0.1) is 18.8 Å². The number of amides is 2. The molecule has 2 unspecified atom stereocenters. The molecular formula is C16H22N2O3. The SMILES string of the molecule is Cc1cccc(NC(=O)NCC2CCCC2C)c1C(=O)O. The zero-order valence-electron chi connectivity index (χ0n) is 12.5. The molecule has 0 saturated heterocycles. The molecule has 0 aromatic heterocycles. The first-order valence-corrected chi connectivity index (χ1v) is 7.36. The first-order chi connectivity index (χ1) is 9.99. The van der Waals surface area contributed by atoms with E-state index in [2.05, 4.69) is 17.6 Å². The maximum absolute atomic E-state index is 11.9. The average molecular weight is 290 g/mol. The Hall–Kier alpha value is -2.04. The first-order valence-electron chi connectivity index (χ1n) is 7.36. The van der Waals surface area contributed by atoms with Crippen LogP contribution in [0.15, 0.2) is 18.2 Å². The summed E-state index contributed by atoms with van der Waals surface area (Å²) in [6.07, 6.45) is 3.58. The molecule has 1 aliphatic rings. The van der Waals surface area contributed by atoms with Gasteiger partial charge < -0.3 is 15.7 Å². The molecule has 3 N–H and O–H groups in total. The van der Waals surface area contributed by atoms with Crippen LogP contribution in [0.3, 0.4) is 0 Å². The highest BCUT2D eigenvalue weighted by atomic mass is 16.4. The molecule has 0 bridgehead atoms. The maximum Gasteiger partial charge on any atom is 0.338 e. The van der Waals surface area contributed by atoms with Crippen LogP contribution in [0.5, 0.6) is 0 Å². The summed E-state index contributed by atoms with van der Waals surface area (Å²) in [7, 11) is 0. The van der Waals surface area contributed by atoms with Gasteiger partial charge in [0, 0.05) is 6.54 Å². The van der Waals surface area contributed by atoms with Gasteiger partial charge in [-0.1, -0.05) is 31.9 Å². The average Bonchev–Trinajstić information content (AvgIpc) is 2.81. The molecular weight excluding hydrogens is 268 g/mol. The minimum atomic E-state index is -1.03. The number of aryl methyl sites for hydroxylation is 1. The number of benzene rings is 1. The molecule has 5 heteroatoms. The minimum Gasteiger partial charge on any atom is -0.478 e. The van der Waals surface area contributed by atoms with Crippen molar-refractivity contribution in [2.45, 2.75) is 33.1 Å². The van der Waals surface area contributed by atoms with Crippen LogP contribution < -0.4 is 10.6 Å². The molecule has 2 rings (SSSR count). The number of carbonyl (C=O) groups is 2. The Labute approximate surface area is 124 Å². The number of aromatic carboxylic acids is 1. The van der Waals surface area contributed by atoms with Crippen molar-refractivity contribution in [1.29, 1.82) is 0 Å². The monoisotopic (exact) mass is 290 g/mol. The van der Waals surface area contributed by atoms with Gasteiger partial charge in [0.15, 0.2) is 0 Å². The van der Waals surface area contributed by atoms with E-state index in [9.17, 15) is 14.7 Å². The van der Waals surface area contributed by atoms with Gasteiger partial charge in [0.25, 0.3) is 0 Å². The van der Waals surface area contributed by atoms with Crippen LogP contribution in [0.1, 0.15) is 42.1 Å². The lowest BCUT2D eigenvalue weighted by molar-refractivity contribution is 0.0697. The third-order valence-corrected chi connectivity index (χ3v) is 4.30. The van der Waals surface area contributed by atoms with Crippen molar-refractivity contribution in [1.82, 2.24) is 5.32 Å². The number of carbonyl (C=O) groups excluding carboxylic acids is 1. The van der Waals surface area contributed by atoms with Crippen molar-refractivity contribution in [2.24, 2.45) is 11.8 Å². The summed E-state index contributed by atoms with van der Waals surface area (Å²) in [4.78, 5) is 23.2. The predicted molar refractivity (Wildman–Crippen MR) is 81.7 cm³/mol. The molecule has 0 radical (unpaired) electrons. The Kier molecular flexibility index (Phi) is 4.83. The van der Waals surface area contributed by atoms with Crippen molar-refractivity contribution >= 4 is 17.7 Å². The van der Waals surface area contributed by atoms with Crippen LogP contribution in [0.2, 0.25) is 0 Å². The zero-order chi connectivity index (χ0) is 15.4. The molecule has 1 saturated carbocycles. The van der Waals surface area contributed by atoms with Crippen molar-refractivity contribution < 1.29 is 14.7 Å². The van der Waals surface area contributed by atoms with Crippen LogP contribution in [0.25, 0.3) is 0 Å². The Balaban J connectivity index is 1.97. The fourth-order valence-electron chi connectivity index (χ4n) is 2.97. The molecule has 1 aromatic rings. The van der Waals surface area contributed by atoms with E-state index >= 15 is 0 Å². The van der Waals surface area contributed by atoms with Gasteiger partial charge in [-0.25, -0.2) is 9.59 Å². The third kappa shape index (κ3) is 3.74. The number of nitrogens with one attached hydrogen (secondary N) is 2. The smallest absolute Gasteiger partial charge is 0.338 e. The summed E-state index contributed by atoms with van der Waals surface area (Å²) in [6, 6.07) is 4.71. The molecule has 2 atom stereocenters. The number of hydrogen-bond donors (Lipinski definition) is 3. The van der Waals surface area contributed by atoms with Crippen molar-refractivity contribution in [2.75, 3.05) is 11.9 Å². The lowest BCUT2D eigenvalue weighted by Crippen LogP contribution is -2.34. The number of rotatable bonds is 4. The summed E-state index contributed by atoms with van der Waals surface area (Å²) in [5, 5.41) is 14.7. The summed E-state index contributed by atoms with van der Waals surface area (Å²) >= 11 is 0. The molecule has 2 amide bonds. The Morgan fingerprint density at radius 2 is 2.10 bits per heavy atom. The molecule has 0 spiro atoms. The topological polar surface area (TPSA) is 78.4 Å². The molecule has 0 heterocycles. The number of carboxylic acid groups (broad SMARTS) is 1. The number of anilines is 1. The van der Waals surface area contributed by atoms with Gasteiger partial charge in [0.05, 0.1) is 11.3 Å². The van der Waals surface area contributed by atoms with Gasteiger partial charge in [-0.2, -0.15) is 0 Å². The van der Waals surface area contributed by atoms with Crippen LogP contribution in [-0.2, 0) is 0 Å². The molecule has 1 fully saturated rings. The van der Waals surface area contributed by atoms with Gasteiger partial charge in [-0.05, 0) is 36.8 Å². The second-order valence-corrected chi connectivity index (χ2v) is 5.81. The number of urea groups is 1. The van der Waals surface area contributed by atoms with Crippen LogP contribution >= 0.6 is 0 Å². The lowest BCUT2D eigenvalue weighted by atomic mass is 9.98. The molecule has 1 aromatic carbocycles. The fourth-order valence-corrected chi connectivity index (χ4v) is 2.97. The third-order valence-electron chi connectivity index (χ3n) is 4.30. The highest BCUT2D eigenvalue weighted by Gasteiger charge is 2.23. The Morgan fingerprint density at radius 1 is 1.33 bits per heavy atom. The van der Waals surface area contributed by atoms with E-state index < -0.39 is 5.97 Å². The van der Waals surface area contributed by atoms with Gasteiger partial charge in [0.1, 0.15) is 0 Å². The summed E-state index contributed by atoms with van der Waals surface area (Å²) in [5.41, 5.74) is 1.10. The quantitative estimate of drug-likeness (QED) is 0.796. The molecule has 114 valence electrons. The van der Waals surface area contributed by atoms with E-state index in [4.69, 9.17) is 0 Å². The van der Waals surface area contributed by atoms with E-state index in [1.165, 1.54) is 12.8 Å². The Morgan fingerprint density at radius 3 is 2.71 bits per heavy atom. The molecule has 1 aliphatic carbocycles. The van der Waals surface area contributed by atoms with Crippen molar-refractivity contribution in [3.63, 3.8) is 0 Å². The lowest BCUT2D eigenvalue weighted by Gasteiger charge is -2.17. The van der Waals surface area contributed by atoms with Crippen molar-refractivity contribution in [3.8, 4) is 0 Å². The van der Waals surface area contributed by atoms with Crippen molar-refractivity contribution in [3.05, 3.63) is 29.3 Å². The summed E-state index contributed by atoms with van der Waals surface area (Å²) in [6.45, 7) is 4.56. The molecule has 0 aliphatic heterocycles. The van der Waals surface area contributed by atoms with Crippen LogP contribution in [-0.4, -0.2) is 23.7 Å². The Bertz CT molecular complexity index is 542. The summed E-state index contributed by atoms with van der Waals surface area (Å²) < 4.78 is 0. The second-order valence-electron chi connectivity index (χ2n) is 5.81. The normalized spacial score (nSPS) is 21.0. The highest BCUT2D eigenvalue weighted by Crippen LogP contribution is 2.30. The standard InChI is InChI=1S/C16H22N2O3/c1-10-5-3-7-12(10)9-17-16(21)18-13-8-4-6-11(2)14(13)15(19)20/h4,6,8,10,12H,3,5,7,9H2,1-2H3,(H,19,20)(H2,17,18,21). The number of hydrogen-bond acceptors (Lipinski definition) is 2.